The lowest BCUT2D eigenvalue weighted by molar-refractivity contribution is -0.126. The minimum Gasteiger partial charge on any atom is -0.350 e. The molecule has 0 radical (unpaired) electrons. The highest BCUT2D eigenvalue weighted by Crippen LogP contribution is 2.25. The van der Waals surface area contributed by atoms with Gasteiger partial charge in [0.25, 0.3) is 0 Å². The number of carbonyl (C=O) groups is 2. The molecule has 1 aliphatic heterocycles. The number of hydrogen-bond donors (Lipinski definition) is 1. The molecule has 0 aliphatic carbocycles. The fraction of sp³-hybridized carbons (Fsp3) is 0.238. The Hall–Kier alpha value is -3.48. The average molecular weight is 375 g/mol. The zero-order valence-corrected chi connectivity index (χ0v) is 15.6. The lowest BCUT2D eigenvalue weighted by Crippen LogP contribution is -2.32. The number of aromatic nitrogens is 3. The van der Waals surface area contributed by atoms with E-state index in [0.717, 1.165) is 22.8 Å². The first-order chi connectivity index (χ1) is 13.6. The predicted octanol–water partition coefficient (Wildman–Crippen LogP) is 2.15. The zero-order chi connectivity index (χ0) is 19.5. The molecule has 7 heteroatoms. The maximum atomic E-state index is 12.6. The largest absolute Gasteiger partial charge is 0.350 e. The first kappa shape index (κ1) is 17.9. The number of amides is 2. The Bertz CT molecular complexity index is 985. The second kappa shape index (κ2) is 7.64. The van der Waals surface area contributed by atoms with Gasteiger partial charge in [-0.25, -0.2) is 0 Å². The zero-order valence-electron chi connectivity index (χ0n) is 15.6. The van der Waals surface area contributed by atoms with Gasteiger partial charge in [0, 0.05) is 31.9 Å². The monoisotopic (exact) mass is 375 g/mol. The van der Waals surface area contributed by atoms with Crippen LogP contribution in [0, 0.1) is 5.92 Å². The number of benzene rings is 1. The quantitative estimate of drug-likeness (QED) is 0.741. The van der Waals surface area contributed by atoms with Crippen molar-refractivity contribution in [2.75, 3.05) is 11.4 Å². The van der Waals surface area contributed by atoms with Crippen LogP contribution in [0.25, 0.3) is 11.4 Å². The third kappa shape index (κ3) is 3.64. The van der Waals surface area contributed by atoms with E-state index in [4.69, 9.17) is 0 Å². The number of para-hydroxylation sites is 1. The number of carbonyl (C=O) groups excluding carboxylic acids is 2. The molecular formula is C21H21N5O2. The molecule has 1 aromatic carbocycles. The third-order valence-corrected chi connectivity index (χ3v) is 4.87. The van der Waals surface area contributed by atoms with Crippen molar-refractivity contribution in [2.45, 2.75) is 13.0 Å². The summed E-state index contributed by atoms with van der Waals surface area (Å²) in [6.45, 7) is 0.714. The lowest BCUT2D eigenvalue weighted by Gasteiger charge is -2.16. The van der Waals surface area contributed by atoms with Gasteiger partial charge in [-0.1, -0.05) is 24.3 Å². The fourth-order valence-electron chi connectivity index (χ4n) is 3.43. The predicted molar refractivity (Wildman–Crippen MR) is 105 cm³/mol. The van der Waals surface area contributed by atoms with Crippen LogP contribution >= 0.6 is 0 Å². The van der Waals surface area contributed by atoms with E-state index >= 15 is 0 Å². The van der Waals surface area contributed by atoms with Crippen molar-refractivity contribution in [3.63, 3.8) is 0 Å². The second-order valence-electron chi connectivity index (χ2n) is 6.82. The molecule has 1 aliphatic rings. The van der Waals surface area contributed by atoms with Gasteiger partial charge in [-0.3, -0.25) is 19.3 Å². The number of aryl methyl sites for hydroxylation is 1. The number of nitrogens with one attached hydrogen (secondary N) is 1. The average Bonchev–Trinajstić information content (AvgIpc) is 3.30. The molecule has 3 aromatic rings. The standard InChI is InChI=1S/C21H21N5O2/c1-25-19(18-9-5-6-10-22-18)12-16(24-25)13-23-21(28)15-11-20(27)26(14-15)17-7-3-2-4-8-17/h2-10,12,15H,11,13-14H2,1H3,(H,23,28). The Morgan fingerprint density at radius 1 is 1.18 bits per heavy atom. The smallest absolute Gasteiger partial charge is 0.227 e. The van der Waals surface area contributed by atoms with Crippen molar-refractivity contribution >= 4 is 17.5 Å². The van der Waals surface area contributed by atoms with Gasteiger partial charge in [-0.15, -0.1) is 0 Å². The molecule has 7 nitrogen and oxygen atoms in total. The van der Waals surface area contributed by atoms with Crippen molar-refractivity contribution in [3.05, 3.63) is 66.5 Å². The van der Waals surface area contributed by atoms with Crippen LogP contribution in [0.5, 0.6) is 0 Å². The van der Waals surface area contributed by atoms with Crippen LogP contribution in [0.15, 0.2) is 60.8 Å². The number of rotatable bonds is 5. The Morgan fingerprint density at radius 3 is 2.71 bits per heavy atom. The van der Waals surface area contributed by atoms with Crippen LogP contribution in [0.3, 0.4) is 0 Å². The summed E-state index contributed by atoms with van der Waals surface area (Å²) in [7, 11) is 1.85. The van der Waals surface area contributed by atoms with Gasteiger partial charge in [0.1, 0.15) is 0 Å². The normalized spacial score (nSPS) is 16.4. The summed E-state index contributed by atoms with van der Waals surface area (Å²) in [5, 5.41) is 7.36. The summed E-state index contributed by atoms with van der Waals surface area (Å²) in [6, 6.07) is 17.1. The summed E-state index contributed by atoms with van der Waals surface area (Å²) in [4.78, 5) is 30.9. The highest BCUT2D eigenvalue weighted by molar-refractivity contribution is 6.00. The molecule has 1 saturated heterocycles. The molecule has 2 aromatic heterocycles. The molecule has 4 rings (SSSR count). The highest BCUT2D eigenvalue weighted by Gasteiger charge is 2.34. The van der Waals surface area contributed by atoms with E-state index in [-0.39, 0.29) is 24.2 Å². The summed E-state index contributed by atoms with van der Waals surface area (Å²) in [5.74, 6) is -0.509. The second-order valence-corrected chi connectivity index (χ2v) is 6.82. The first-order valence-corrected chi connectivity index (χ1v) is 9.19. The van der Waals surface area contributed by atoms with Crippen molar-refractivity contribution in [1.82, 2.24) is 20.1 Å². The van der Waals surface area contributed by atoms with Crippen LogP contribution in [0.1, 0.15) is 12.1 Å². The van der Waals surface area contributed by atoms with Gasteiger partial charge in [0.05, 0.1) is 29.5 Å². The van der Waals surface area contributed by atoms with E-state index in [1.54, 1.807) is 15.8 Å². The lowest BCUT2D eigenvalue weighted by atomic mass is 10.1. The van der Waals surface area contributed by atoms with E-state index in [0.29, 0.717) is 13.1 Å². The van der Waals surface area contributed by atoms with Gasteiger partial charge in [0.15, 0.2) is 0 Å². The highest BCUT2D eigenvalue weighted by atomic mass is 16.2. The fourth-order valence-corrected chi connectivity index (χ4v) is 3.43. The van der Waals surface area contributed by atoms with E-state index in [1.165, 1.54) is 0 Å². The van der Waals surface area contributed by atoms with Crippen molar-refractivity contribution < 1.29 is 9.59 Å². The summed E-state index contributed by atoms with van der Waals surface area (Å²) < 4.78 is 1.75. The molecule has 1 N–H and O–H groups in total. The maximum Gasteiger partial charge on any atom is 0.227 e. The van der Waals surface area contributed by atoms with Crippen LogP contribution in [-0.4, -0.2) is 33.1 Å². The number of hydrogen-bond acceptors (Lipinski definition) is 4. The SMILES string of the molecule is Cn1nc(CNC(=O)C2CC(=O)N(c3ccccc3)C2)cc1-c1ccccn1. The van der Waals surface area contributed by atoms with Crippen LogP contribution in [0.2, 0.25) is 0 Å². The molecule has 1 fully saturated rings. The van der Waals surface area contributed by atoms with Gasteiger partial charge >= 0.3 is 0 Å². The molecule has 0 saturated carbocycles. The number of nitrogens with zero attached hydrogens (tertiary/aromatic N) is 4. The van der Waals surface area contributed by atoms with Gasteiger partial charge in [-0.05, 0) is 30.3 Å². The van der Waals surface area contributed by atoms with Gasteiger partial charge in [-0.2, -0.15) is 5.10 Å². The van der Waals surface area contributed by atoms with Crippen molar-refractivity contribution in [2.24, 2.45) is 13.0 Å². The van der Waals surface area contributed by atoms with Crippen LogP contribution in [-0.2, 0) is 23.2 Å². The Balaban J connectivity index is 1.38. The molecule has 0 bridgehead atoms. The van der Waals surface area contributed by atoms with Crippen molar-refractivity contribution in [1.29, 1.82) is 0 Å². The van der Waals surface area contributed by atoms with E-state index in [2.05, 4.69) is 15.4 Å². The van der Waals surface area contributed by atoms with E-state index < -0.39 is 0 Å². The van der Waals surface area contributed by atoms with Crippen LogP contribution in [0.4, 0.5) is 5.69 Å². The van der Waals surface area contributed by atoms with E-state index in [9.17, 15) is 9.59 Å². The Labute approximate surface area is 163 Å². The summed E-state index contributed by atoms with van der Waals surface area (Å²) in [5.41, 5.74) is 3.29. The van der Waals surface area contributed by atoms with E-state index in [1.807, 2.05) is 61.6 Å². The molecule has 1 atom stereocenters. The minimum atomic E-state index is -0.355. The molecule has 0 spiro atoms. The summed E-state index contributed by atoms with van der Waals surface area (Å²) >= 11 is 0. The van der Waals surface area contributed by atoms with Crippen LogP contribution < -0.4 is 10.2 Å². The molecule has 2 amide bonds. The number of pyridine rings is 1. The molecule has 28 heavy (non-hydrogen) atoms. The molecule has 3 heterocycles. The molecule has 1 unspecified atom stereocenters. The Morgan fingerprint density at radius 2 is 1.96 bits per heavy atom. The molecule has 142 valence electrons. The minimum absolute atomic E-state index is 0.0263. The first-order valence-electron chi connectivity index (χ1n) is 9.19. The number of anilines is 1. The maximum absolute atomic E-state index is 12.6. The molecular weight excluding hydrogens is 354 g/mol. The Kier molecular flexibility index (Phi) is 4.89. The van der Waals surface area contributed by atoms with Gasteiger partial charge < -0.3 is 10.2 Å². The third-order valence-electron chi connectivity index (χ3n) is 4.87. The summed E-state index contributed by atoms with van der Waals surface area (Å²) in [6.07, 6.45) is 1.96. The van der Waals surface area contributed by atoms with Gasteiger partial charge in [0.2, 0.25) is 11.8 Å². The van der Waals surface area contributed by atoms with Crippen molar-refractivity contribution in [3.8, 4) is 11.4 Å². The topological polar surface area (TPSA) is 80.1 Å².